The van der Waals surface area contributed by atoms with Gasteiger partial charge >= 0.3 is 94.3 Å². The molecule has 0 amide bonds. The Morgan fingerprint density at radius 2 is 0.952 bits per heavy atom. The zero-order valence-electron chi connectivity index (χ0n) is 15.4. The van der Waals surface area contributed by atoms with E-state index in [1.807, 2.05) is 19.6 Å². The molecule has 1 unspecified atom stereocenters. The van der Waals surface area contributed by atoms with Crippen LogP contribution in [0.3, 0.4) is 0 Å². The first-order valence-electron chi connectivity index (χ1n) is 4.63. The fourth-order valence-corrected chi connectivity index (χ4v) is 7.17. The third-order valence-electron chi connectivity index (χ3n) is 1.44. The van der Waals surface area contributed by atoms with Crippen molar-refractivity contribution in [2.45, 2.75) is 19.6 Å². The molecule has 0 bridgehead atoms. The van der Waals surface area contributed by atoms with Crippen molar-refractivity contribution < 1.29 is 103 Å². The van der Waals surface area contributed by atoms with Crippen molar-refractivity contribution in [1.82, 2.24) is 0 Å². The van der Waals surface area contributed by atoms with Crippen LogP contribution >= 0.6 is 15.2 Å². The van der Waals surface area contributed by atoms with Crippen molar-refractivity contribution in [3.63, 3.8) is 0 Å². The zero-order chi connectivity index (χ0) is 13.0. The molecule has 0 aliphatic rings. The summed E-state index contributed by atoms with van der Waals surface area (Å²) in [6, 6.07) is 0. The molecule has 0 aromatic rings. The maximum Gasteiger partial charge on any atom is 1.00 e. The molecule has 0 saturated carbocycles. The van der Waals surface area contributed by atoms with E-state index >= 15 is 0 Å². The molecule has 7 nitrogen and oxygen atoms in total. The van der Waals surface area contributed by atoms with Gasteiger partial charge in [-0.05, 0) is 0 Å². The van der Waals surface area contributed by atoms with Gasteiger partial charge in [-0.3, -0.25) is 0 Å². The van der Waals surface area contributed by atoms with Gasteiger partial charge in [0.25, 0.3) is 0 Å². The Labute approximate surface area is 190 Å². The van der Waals surface area contributed by atoms with Crippen molar-refractivity contribution in [2.75, 3.05) is 21.1 Å². The summed E-state index contributed by atoms with van der Waals surface area (Å²) in [5.74, 6) is 0. The first kappa shape index (κ1) is 39.5. The third kappa shape index (κ3) is 18.1. The summed E-state index contributed by atoms with van der Waals surface area (Å²) in [5, 5.41) is 10.7. The van der Waals surface area contributed by atoms with Crippen LogP contribution in [0.25, 0.3) is 24.9 Å². The molecule has 15 heteroatoms. The topological polar surface area (TPSA) is 105 Å². The Hall–Kier alpha value is 3.46. The van der Waals surface area contributed by atoms with E-state index in [4.69, 9.17) is 0 Å². The largest absolute Gasteiger partial charge is 1.00 e. The molecule has 1 atom stereocenters. The fourth-order valence-electron chi connectivity index (χ4n) is 0.817. The number of nitrogens with zero attached hydrogens (tertiary/aromatic N) is 5. The molecule has 0 aromatic heterocycles. The van der Waals surface area contributed by atoms with E-state index in [-0.39, 0.29) is 94.3 Å². The summed E-state index contributed by atoms with van der Waals surface area (Å²) in [7, 11) is -4.92. The van der Waals surface area contributed by atoms with Crippen LogP contribution < -0.4 is 94.3 Å². The van der Waals surface area contributed by atoms with Gasteiger partial charge in [0.2, 0.25) is 0 Å². The van der Waals surface area contributed by atoms with E-state index in [2.05, 4.69) is 24.9 Å². The van der Waals surface area contributed by atoms with Gasteiger partial charge in [-0.15, -0.1) is 0 Å². The van der Waals surface area contributed by atoms with E-state index in [0.29, 0.717) is 0 Å². The molecule has 0 rings (SSSR count). The van der Waals surface area contributed by atoms with E-state index in [0.717, 1.165) is 0 Å². The molecule has 0 heterocycles. The van der Waals surface area contributed by atoms with Crippen LogP contribution in [0.5, 0.6) is 0 Å². The third-order valence-corrected chi connectivity index (χ3v) is 8.31. The maximum atomic E-state index is 12.2. The smallest absolute Gasteiger partial charge is 0.639 e. The fraction of sp³-hybridized carbons (Fsp3) is 1.00. The maximum absolute atomic E-state index is 12.2. The van der Waals surface area contributed by atoms with Gasteiger partial charge in [0.05, 0.1) is 0 Å². The van der Waals surface area contributed by atoms with Crippen molar-refractivity contribution in [1.29, 1.82) is 0 Å². The van der Waals surface area contributed by atoms with Crippen molar-refractivity contribution in [2.24, 2.45) is 0 Å². The van der Waals surface area contributed by atoms with Crippen molar-refractivity contribution in [3.8, 4) is 0 Å². The monoisotopic (exact) mass is 317 g/mol. The van der Waals surface area contributed by atoms with E-state index in [1.54, 1.807) is 0 Å². The normalized spacial score (nSPS) is 13.0. The molecule has 0 radical (unpaired) electrons. The van der Waals surface area contributed by atoms with Crippen molar-refractivity contribution >= 4 is 23.4 Å². The second kappa shape index (κ2) is 16.9. The Morgan fingerprint density at radius 1 is 0.667 bits per heavy atom. The van der Waals surface area contributed by atoms with Crippen LogP contribution in [0.1, 0.15) is 0 Å². The molecule has 0 spiro atoms. The molecule has 98 valence electrons. The molecular weight excluding hydrogens is 299 g/mol. The zero-order valence-corrected chi connectivity index (χ0v) is 18.2. The van der Waals surface area contributed by atoms with Gasteiger partial charge in [-0.2, -0.15) is 21.1 Å². The van der Waals surface area contributed by atoms with Gasteiger partial charge in [0, 0.05) is 0 Å². The van der Waals surface area contributed by atoms with Gasteiger partial charge < -0.3 is 34.0 Å². The number of hydrogen-bond donors (Lipinski definition) is 0. The van der Waals surface area contributed by atoms with E-state index in [9.17, 15) is 9.13 Å². The second-order valence-corrected chi connectivity index (χ2v) is 13.1. The Morgan fingerprint density at radius 3 is 1.14 bits per heavy atom. The van der Waals surface area contributed by atoms with Crippen LogP contribution in [0, 0.1) is 0 Å². The quantitative estimate of drug-likeness (QED) is 0.344. The number of rotatable bonds is 7. The average molecular weight is 317 g/mol. The Balaban J connectivity index is -0.000000112. The summed E-state index contributed by atoms with van der Waals surface area (Å²) in [6.45, 7) is 5.70. The molecule has 0 fully saturated rings. The average Bonchev–Trinajstić information content (AvgIpc) is 2.15. The Kier molecular flexibility index (Phi) is 31.8. The SMILES string of the molecule is C[N-]P(=O)([N-]C)[N-]P(=O)([N-]C)[N-][Si](C)(C)C.[Li+].[Li+].[Li+].[Li+].[Li+]. The van der Waals surface area contributed by atoms with Crippen LogP contribution in [0.15, 0.2) is 0 Å². The summed E-state index contributed by atoms with van der Waals surface area (Å²) in [4.78, 5) is 3.66. The van der Waals surface area contributed by atoms with Crippen LogP contribution in [-0.4, -0.2) is 29.4 Å². The van der Waals surface area contributed by atoms with E-state index < -0.39 is 23.4 Å². The molecule has 21 heavy (non-hydrogen) atoms. The predicted octanol–water partition coefficient (Wildman–Crippen LogP) is -10.2. The summed E-state index contributed by atoms with van der Waals surface area (Å²) < 4.78 is 28.1. The summed E-state index contributed by atoms with van der Waals surface area (Å²) >= 11 is 0. The molecule has 0 aliphatic carbocycles. The second-order valence-electron chi connectivity index (χ2n) is 3.99. The van der Waals surface area contributed by atoms with Gasteiger partial charge in [-0.25, -0.2) is 15.2 Å². The molecule has 0 saturated heterocycles. The minimum atomic E-state index is -3.49. The van der Waals surface area contributed by atoms with Gasteiger partial charge in [0.15, 0.2) is 0 Å². The van der Waals surface area contributed by atoms with Gasteiger partial charge in [-0.1, -0.05) is 27.9 Å². The predicted molar refractivity (Wildman–Crippen MR) is 73.1 cm³/mol. The minimum absolute atomic E-state index is 0. The molecule has 0 aromatic carbocycles. The molecule has 0 aliphatic heterocycles. The Bertz CT molecular complexity index is 327. The van der Waals surface area contributed by atoms with E-state index in [1.165, 1.54) is 21.1 Å². The van der Waals surface area contributed by atoms with Crippen LogP contribution in [0.2, 0.25) is 19.6 Å². The molecular formula is C6H18Li5N5O2P2Si. The van der Waals surface area contributed by atoms with Crippen LogP contribution in [0.4, 0.5) is 0 Å². The first-order valence-corrected chi connectivity index (χ1v) is 11.2. The van der Waals surface area contributed by atoms with Crippen molar-refractivity contribution in [3.05, 3.63) is 24.9 Å². The van der Waals surface area contributed by atoms with Gasteiger partial charge in [0.1, 0.15) is 0 Å². The summed E-state index contributed by atoms with van der Waals surface area (Å²) in [5.41, 5.74) is 0. The standard InChI is InChI=1S/C6H18N5O2P2Si.5Li/c1-7-14(12,8-2)10-15(13,9-3)11-16(4,5)6;;;;;/h1-6H3;;;;;/q-5;5*+1. The minimum Gasteiger partial charge on any atom is -0.639 e. The first-order chi connectivity index (χ1) is 7.10. The molecule has 0 N–H and O–H groups in total. The number of hydrogen-bond acceptors (Lipinski definition) is 2. The van der Waals surface area contributed by atoms with Crippen LogP contribution in [-0.2, 0) is 9.13 Å². The summed E-state index contributed by atoms with van der Waals surface area (Å²) in [6.07, 6.45) is 0.